The van der Waals surface area contributed by atoms with Crippen molar-refractivity contribution < 1.29 is 14.8 Å². The number of aliphatic hydroxyl groups excluding tert-OH is 1. The molecular weight excluding hydrogens is 286 g/mol. The zero-order valence-corrected chi connectivity index (χ0v) is 12.3. The van der Waals surface area contributed by atoms with Crippen molar-refractivity contribution in [1.82, 2.24) is 4.90 Å². The quantitative estimate of drug-likeness (QED) is 0.674. The van der Waals surface area contributed by atoms with Crippen LogP contribution in [0.4, 0.5) is 11.4 Å². The van der Waals surface area contributed by atoms with Crippen molar-refractivity contribution in [1.29, 1.82) is 0 Å². The van der Waals surface area contributed by atoms with Crippen LogP contribution >= 0.6 is 0 Å². The van der Waals surface area contributed by atoms with Gasteiger partial charge in [-0.15, -0.1) is 0 Å². The van der Waals surface area contributed by atoms with Gasteiger partial charge in [0.2, 0.25) is 0 Å². The number of amides is 1. The maximum Gasteiger partial charge on any atom is 0.270 e. The van der Waals surface area contributed by atoms with E-state index in [1.165, 1.54) is 12.1 Å². The molecular formula is C15H19N3O4. The second kappa shape index (κ2) is 5.92. The number of carbonyl (C=O) groups excluding carboxylic acids is 1. The number of likely N-dealkylation sites (tertiary alicyclic amines) is 1. The topological polar surface area (TPSA) is 86.9 Å². The van der Waals surface area contributed by atoms with Crippen molar-refractivity contribution in [2.75, 3.05) is 31.1 Å². The third kappa shape index (κ3) is 2.76. The van der Waals surface area contributed by atoms with E-state index in [0.717, 1.165) is 31.6 Å². The van der Waals surface area contributed by atoms with Crippen LogP contribution in [0.25, 0.3) is 0 Å². The monoisotopic (exact) mass is 305 g/mol. The highest BCUT2D eigenvalue weighted by atomic mass is 16.6. The van der Waals surface area contributed by atoms with Gasteiger partial charge in [0.15, 0.2) is 0 Å². The van der Waals surface area contributed by atoms with E-state index in [4.69, 9.17) is 0 Å². The van der Waals surface area contributed by atoms with Gasteiger partial charge in [-0.25, -0.2) is 0 Å². The molecule has 0 aromatic heterocycles. The number of nitro groups is 1. The molecule has 0 spiro atoms. The van der Waals surface area contributed by atoms with Gasteiger partial charge in [0, 0.05) is 38.3 Å². The Labute approximate surface area is 128 Å². The lowest BCUT2D eigenvalue weighted by atomic mass is 10.1. The second-order valence-electron chi connectivity index (χ2n) is 5.85. The maximum atomic E-state index is 12.7. The van der Waals surface area contributed by atoms with E-state index < -0.39 is 11.0 Å². The standard InChI is InChI=1S/C15H19N3O4/c19-12-5-8-17(10-12)15(20)13-9-11(18(21)22)3-4-14(13)16-6-1-2-7-16/h3-4,9,12,19H,1-2,5-8,10H2/t12-/m1/s1. The fraction of sp³-hybridized carbons (Fsp3) is 0.533. The van der Waals surface area contributed by atoms with Crippen LogP contribution in [-0.4, -0.2) is 53.1 Å². The number of anilines is 1. The molecule has 0 saturated carbocycles. The molecule has 0 unspecified atom stereocenters. The van der Waals surface area contributed by atoms with Crippen LogP contribution in [0.2, 0.25) is 0 Å². The number of aliphatic hydroxyl groups is 1. The molecule has 7 heteroatoms. The Hall–Kier alpha value is -2.15. The summed E-state index contributed by atoms with van der Waals surface area (Å²) in [5.74, 6) is -0.234. The summed E-state index contributed by atoms with van der Waals surface area (Å²) in [5.41, 5.74) is 1.05. The zero-order chi connectivity index (χ0) is 15.7. The van der Waals surface area contributed by atoms with Crippen molar-refractivity contribution in [2.45, 2.75) is 25.4 Å². The van der Waals surface area contributed by atoms with E-state index in [9.17, 15) is 20.0 Å². The average molecular weight is 305 g/mol. The molecule has 2 heterocycles. The van der Waals surface area contributed by atoms with Gasteiger partial charge in [-0.05, 0) is 25.3 Å². The molecule has 118 valence electrons. The molecule has 1 N–H and O–H groups in total. The van der Waals surface area contributed by atoms with Crippen LogP contribution in [0.15, 0.2) is 18.2 Å². The molecule has 2 saturated heterocycles. The van der Waals surface area contributed by atoms with Gasteiger partial charge in [0.1, 0.15) is 0 Å². The lowest BCUT2D eigenvalue weighted by Gasteiger charge is -2.23. The minimum absolute atomic E-state index is 0.0777. The summed E-state index contributed by atoms with van der Waals surface area (Å²) in [6.45, 7) is 2.50. The zero-order valence-electron chi connectivity index (χ0n) is 12.3. The minimum Gasteiger partial charge on any atom is -0.391 e. The minimum atomic E-state index is -0.502. The van der Waals surface area contributed by atoms with Gasteiger partial charge in [0.25, 0.3) is 11.6 Å². The van der Waals surface area contributed by atoms with Crippen LogP contribution in [0.5, 0.6) is 0 Å². The Morgan fingerprint density at radius 1 is 1.27 bits per heavy atom. The number of benzene rings is 1. The van der Waals surface area contributed by atoms with Crippen LogP contribution in [-0.2, 0) is 0 Å². The van der Waals surface area contributed by atoms with Gasteiger partial charge < -0.3 is 14.9 Å². The predicted molar refractivity (Wildman–Crippen MR) is 81.1 cm³/mol. The van der Waals surface area contributed by atoms with Crippen LogP contribution in [0.1, 0.15) is 29.6 Å². The summed E-state index contributed by atoms with van der Waals surface area (Å²) >= 11 is 0. The summed E-state index contributed by atoms with van der Waals surface area (Å²) < 4.78 is 0. The molecule has 2 aliphatic heterocycles. The molecule has 3 rings (SSSR count). The molecule has 1 aromatic carbocycles. The first kappa shape index (κ1) is 14.8. The highest BCUT2D eigenvalue weighted by Gasteiger charge is 2.29. The van der Waals surface area contributed by atoms with E-state index in [1.54, 1.807) is 11.0 Å². The molecule has 7 nitrogen and oxygen atoms in total. The molecule has 2 fully saturated rings. The maximum absolute atomic E-state index is 12.7. The summed E-state index contributed by atoms with van der Waals surface area (Å²) in [5, 5.41) is 20.6. The van der Waals surface area contributed by atoms with Crippen molar-refractivity contribution in [3.8, 4) is 0 Å². The predicted octanol–water partition coefficient (Wildman–Crippen LogP) is 1.40. The lowest BCUT2D eigenvalue weighted by Crippen LogP contribution is -2.31. The fourth-order valence-electron chi connectivity index (χ4n) is 3.14. The van der Waals surface area contributed by atoms with E-state index in [1.807, 2.05) is 0 Å². The number of carbonyl (C=O) groups is 1. The van der Waals surface area contributed by atoms with Gasteiger partial charge in [-0.3, -0.25) is 14.9 Å². The molecule has 0 bridgehead atoms. The van der Waals surface area contributed by atoms with Gasteiger partial charge in [-0.2, -0.15) is 0 Å². The molecule has 1 aromatic rings. The lowest BCUT2D eigenvalue weighted by molar-refractivity contribution is -0.384. The van der Waals surface area contributed by atoms with E-state index in [-0.39, 0.29) is 11.6 Å². The molecule has 0 radical (unpaired) electrons. The summed E-state index contributed by atoms with van der Waals surface area (Å²) in [4.78, 5) is 26.9. The molecule has 2 aliphatic rings. The number of non-ortho nitro benzene ring substituents is 1. The molecule has 1 atom stereocenters. The van der Waals surface area contributed by atoms with Gasteiger partial charge >= 0.3 is 0 Å². The van der Waals surface area contributed by atoms with E-state index in [2.05, 4.69) is 4.90 Å². The largest absolute Gasteiger partial charge is 0.391 e. The first-order valence-corrected chi connectivity index (χ1v) is 7.57. The summed E-state index contributed by atoms with van der Waals surface area (Å²) in [7, 11) is 0. The van der Waals surface area contributed by atoms with Crippen LogP contribution in [0, 0.1) is 10.1 Å². The normalized spacial score (nSPS) is 21.4. The first-order valence-electron chi connectivity index (χ1n) is 7.57. The summed E-state index contributed by atoms with van der Waals surface area (Å²) in [6, 6.07) is 4.48. The molecule has 0 aliphatic carbocycles. The van der Waals surface area contributed by atoms with Crippen molar-refractivity contribution in [2.24, 2.45) is 0 Å². The number of hydrogen-bond donors (Lipinski definition) is 1. The van der Waals surface area contributed by atoms with Crippen LogP contribution in [0.3, 0.4) is 0 Å². The van der Waals surface area contributed by atoms with E-state index in [0.29, 0.717) is 25.1 Å². The third-order valence-electron chi connectivity index (χ3n) is 4.32. The Kier molecular flexibility index (Phi) is 3.98. The number of β-amino-alcohol motifs (C(OH)–C–C–N with tert-alkyl or cyclic N) is 1. The number of rotatable bonds is 3. The van der Waals surface area contributed by atoms with Crippen molar-refractivity contribution in [3.63, 3.8) is 0 Å². The number of nitro benzene ring substituents is 1. The highest BCUT2D eigenvalue weighted by molar-refractivity contribution is 6.00. The molecule has 1 amide bonds. The third-order valence-corrected chi connectivity index (χ3v) is 4.32. The fourth-order valence-corrected chi connectivity index (χ4v) is 3.14. The smallest absolute Gasteiger partial charge is 0.270 e. The Bertz CT molecular complexity index is 598. The Morgan fingerprint density at radius 3 is 2.59 bits per heavy atom. The van der Waals surface area contributed by atoms with Gasteiger partial charge in [-0.1, -0.05) is 0 Å². The first-order chi connectivity index (χ1) is 10.6. The second-order valence-corrected chi connectivity index (χ2v) is 5.85. The Balaban J connectivity index is 1.96. The van der Waals surface area contributed by atoms with Gasteiger partial charge in [0.05, 0.1) is 22.3 Å². The van der Waals surface area contributed by atoms with Crippen molar-refractivity contribution in [3.05, 3.63) is 33.9 Å². The average Bonchev–Trinajstić information content (AvgIpc) is 3.17. The SMILES string of the molecule is O=C(c1cc([N+](=O)[O-])ccc1N1CCCC1)N1CC[C@@H](O)C1. The number of hydrogen-bond acceptors (Lipinski definition) is 5. The molecule has 22 heavy (non-hydrogen) atoms. The number of nitrogens with zero attached hydrogens (tertiary/aromatic N) is 3. The van der Waals surface area contributed by atoms with Crippen molar-refractivity contribution >= 4 is 17.3 Å². The highest BCUT2D eigenvalue weighted by Crippen LogP contribution is 2.30. The van der Waals surface area contributed by atoms with Crippen LogP contribution < -0.4 is 4.90 Å². The van der Waals surface area contributed by atoms with E-state index >= 15 is 0 Å². The Morgan fingerprint density at radius 2 is 2.00 bits per heavy atom. The summed E-state index contributed by atoms with van der Waals surface area (Å²) in [6.07, 6.45) is 2.18.